The third-order valence-electron chi connectivity index (χ3n) is 3.61. The molecule has 0 spiro atoms. The molecular weight excluding hydrogens is 266 g/mol. The Bertz CT molecular complexity index is 473. The summed E-state index contributed by atoms with van der Waals surface area (Å²) in [6.07, 6.45) is 8.68. The Kier molecular flexibility index (Phi) is 6.11. The van der Waals surface area contributed by atoms with E-state index in [-0.39, 0.29) is 18.2 Å². The second-order valence-corrected chi connectivity index (χ2v) is 5.19. The Balaban J connectivity index is 1.64. The van der Waals surface area contributed by atoms with Gasteiger partial charge in [0.2, 0.25) is 0 Å². The molecule has 4 nitrogen and oxygen atoms in total. The molecule has 1 aromatic carbocycles. The SMILES string of the molecule is C#CCOC1CCC(NC(=O)OCc2ccccc2)CC1. The highest BCUT2D eigenvalue weighted by atomic mass is 16.5. The van der Waals surface area contributed by atoms with Gasteiger partial charge in [-0.25, -0.2) is 4.79 Å². The molecule has 112 valence electrons. The summed E-state index contributed by atoms with van der Waals surface area (Å²) in [5.74, 6) is 2.48. The zero-order valence-electron chi connectivity index (χ0n) is 12.1. The van der Waals surface area contributed by atoms with Gasteiger partial charge in [-0.15, -0.1) is 6.42 Å². The van der Waals surface area contributed by atoms with Crippen LogP contribution >= 0.6 is 0 Å². The van der Waals surface area contributed by atoms with Gasteiger partial charge in [0.05, 0.1) is 6.10 Å². The maximum Gasteiger partial charge on any atom is 0.407 e. The maximum absolute atomic E-state index is 11.7. The molecule has 1 aliphatic carbocycles. The molecule has 0 unspecified atom stereocenters. The molecule has 1 saturated carbocycles. The van der Waals surface area contributed by atoms with E-state index in [1.54, 1.807) is 0 Å². The minimum atomic E-state index is -0.355. The van der Waals surface area contributed by atoms with Crippen LogP contribution in [0.1, 0.15) is 31.2 Å². The van der Waals surface area contributed by atoms with Crippen LogP contribution in [-0.4, -0.2) is 24.8 Å². The largest absolute Gasteiger partial charge is 0.445 e. The van der Waals surface area contributed by atoms with E-state index in [0.29, 0.717) is 13.2 Å². The minimum absolute atomic E-state index is 0.166. The van der Waals surface area contributed by atoms with Crippen LogP contribution in [0.15, 0.2) is 30.3 Å². The number of ether oxygens (including phenoxy) is 2. The van der Waals surface area contributed by atoms with Gasteiger partial charge in [-0.05, 0) is 31.2 Å². The summed E-state index contributed by atoms with van der Waals surface area (Å²) < 4.78 is 10.7. The summed E-state index contributed by atoms with van der Waals surface area (Å²) in [4.78, 5) is 11.7. The fourth-order valence-corrected chi connectivity index (χ4v) is 2.47. The predicted octanol–water partition coefficient (Wildman–Crippen LogP) is 2.87. The van der Waals surface area contributed by atoms with E-state index < -0.39 is 0 Å². The molecule has 0 atom stereocenters. The number of nitrogens with one attached hydrogen (secondary N) is 1. The number of terminal acetylenes is 1. The average molecular weight is 287 g/mol. The maximum atomic E-state index is 11.7. The van der Waals surface area contributed by atoms with Crippen LogP contribution in [0.2, 0.25) is 0 Å². The molecule has 2 rings (SSSR count). The smallest absolute Gasteiger partial charge is 0.407 e. The van der Waals surface area contributed by atoms with Crippen molar-refractivity contribution in [3.05, 3.63) is 35.9 Å². The van der Waals surface area contributed by atoms with Crippen molar-refractivity contribution in [2.24, 2.45) is 0 Å². The van der Waals surface area contributed by atoms with E-state index in [0.717, 1.165) is 31.2 Å². The standard InChI is InChI=1S/C17H21NO3/c1-2-12-20-16-10-8-15(9-11-16)18-17(19)21-13-14-6-4-3-5-7-14/h1,3-7,15-16H,8-13H2,(H,18,19). The average Bonchev–Trinajstić information content (AvgIpc) is 2.53. The molecule has 0 saturated heterocycles. The molecule has 1 aliphatic rings. The van der Waals surface area contributed by atoms with Crippen LogP contribution in [0.4, 0.5) is 4.79 Å². The topological polar surface area (TPSA) is 47.6 Å². The second kappa shape index (κ2) is 8.33. The van der Waals surface area contributed by atoms with Crippen molar-refractivity contribution < 1.29 is 14.3 Å². The zero-order chi connectivity index (χ0) is 14.9. The highest BCUT2D eigenvalue weighted by molar-refractivity contribution is 5.67. The number of amides is 1. The molecule has 0 radical (unpaired) electrons. The zero-order valence-corrected chi connectivity index (χ0v) is 12.1. The Morgan fingerprint density at radius 3 is 2.62 bits per heavy atom. The molecule has 0 aliphatic heterocycles. The van der Waals surface area contributed by atoms with Crippen LogP contribution in [0, 0.1) is 12.3 Å². The first-order valence-corrected chi connectivity index (χ1v) is 7.30. The van der Waals surface area contributed by atoms with Gasteiger partial charge < -0.3 is 14.8 Å². The Morgan fingerprint density at radius 2 is 1.95 bits per heavy atom. The number of benzene rings is 1. The van der Waals surface area contributed by atoms with Gasteiger partial charge in [-0.2, -0.15) is 0 Å². The molecule has 1 fully saturated rings. The van der Waals surface area contributed by atoms with Crippen molar-refractivity contribution in [2.45, 2.75) is 44.4 Å². The molecule has 1 aromatic rings. The monoisotopic (exact) mass is 287 g/mol. The van der Waals surface area contributed by atoms with Crippen molar-refractivity contribution in [1.82, 2.24) is 5.32 Å². The third-order valence-corrected chi connectivity index (χ3v) is 3.61. The van der Waals surface area contributed by atoms with Gasteiger partial charge in [0.25, 0.3) is 0 Å². The number of rotatable bonds is 5. The summed E-state index contributed by atoms with van der Waals surface area (Å²) in [6, 6.07) is 9.81. The Hall–Kier alpha value is -1.99. The number of hydrogen-bond acceptors (Lipinski definition) is 3. The lowest BCUT2D eigenvalue weighted by Crippen LogP contribution is -2.39. The van der Waals surface area contributed by atoms with Crippen molar-refractivity contribution >= 4 is 6.09 Å². The summed E-state index contributed by atoms with van der Waals surface area (Å²) in [5, 5.41) is 2.91. The molecule has 1 N–H and O–H groups in total. The predicted molar refractivity (Wildman–Crippen MR) is 80.6 cm³/mol. The Morgan fingerprint density at radius 1 is 1.24 bits per heavy atom. The van der Waals surface area contributed by atoms with Crippen LogP contribution < -0.4 is 5.32 Å². The fraction of sp³-hybridized carbons (Fsp3) is 0.471. The van der Waals surface area contributed by atoms with E-state index in [9.17, 15) is 4.79 Å². The summed E-state index contributed by atoms with van der Waals surface area (Å²) in [6.45, 7) is 0.662. The summed E-state index contributed by atoms with van der Waals surface area (Å²) >= 11 is 0. The second-order valence-electron chi connectivity index (χ2n) is 5.19. The van der Waals surface area contributed by atoms with Gasteiger partial charge in [0.1, 0.15) is 13.2 Å². The normalized spacial score (nSPS) is 21.3. The lowest BCUT2D eigenvalue weighted by Gasteiger charge is -2.28. The van der Waals surface area contributed by atoms with Crippen molar-refractivity contribution in [3.8, 4) is 12.3 Å². The lowest BCUT2D eigenvalue weighted by molar-refractivity contribution is 0.0415. The van der Waals surface area contributed by atoms with Crippen molar-refractivity contribution in [2.75, 3.05) is 6.61 Å². The van der Waals surface area contributed by atoms with Crippen LogP contribution in [0.3, 0.4) is 0 Å². The van der Waals surface area contributed by atoms with Crippen molar-refractivity contribution in [3.63, 3.8) is 0 Å². The van der Waals surface area contributed by atoms with E-state index in [1.807, 2.05) is 30.3 Å². The first kappa shape index (κ1) is 15.4. The third kappa shape index (κ3) is 5.49. The molecule has 0 aromatic heterocycles. The highest BCUT2D eigenvalue weighted by Gasteiger charge is 2.23. The highest BCUT2D eigenvalue weighted by Crippen LogP contribution is 2.21. The quantitative estimate of drug-likeness (QED) is 0.847. The van der Waals surface area contributed by atoms with Crippen LogP contribution in [-0.2, 0) is 16.1 Å². The van der Waals surface area contributed by atoms with Crippen LogP contribution in [0.25, 0.3) is 0 Å². The number of carbonyl (C=O) groups excluding carboxylic acids is 1. The molecule has 0 heterocycles. The fourth-order valence-electron chi connectivity index (χ4n) is 2.47. The van der Waals surface area contributed by atoms with Crippen LogP contribution in [0.5, 0.6) is 0 Å². The minimum Gasteiger partial charge on any atom is -0.445 e. The molecular formula is C17H21NO3. The number of carbonyl (C=O) groups is 1. The number of hydrogen-bond donors (Lipinski definition) is 1. The summed E-state index contributed by atoms with van der Waals surface area (Å²) in [7, 11) is 0. The molecule has 0 bridgehead atoms. The van der Waals surface area contributed by atoms with Crippen molar-refractivity contribution in [1.29, 1.82) is 0 Å². The number of alkyl carbamates (subject to hydrolysis) is 1. The van der Waals surface area contributed by atoms with Gasteiger partial charge in [-0.1, -0.05) is 36.3 Å². The van der Waals surface area contributed by atoms with E-state index >= 15 is 0 Å². The van der Waals surface area contributed by atoms with Gasteiger partial charge >= 0.3 is 6.09 Å². The lowest BCUT2D eigenvalue weighted by atomic mass is 9.93. The molecule has 21 heavy (non-hydrogen) atoms. The van der Waals surface area contributed by atoms with Gasteiger partial charge in [0, 0.05) is 6.04 Å². The van der Waals surface area contributed by atoms with E-state index in [4.69, 9.17) is 15.9 Å². The van der Waals surface area contributed by atoms with Gasteiger partial charge in [0.15, 0.2) is 0 Å². The first-order valence-electron chi connectivity index (χ1n) is 7.30. The van der Waals surface area contributed by atoms with Gasteiger partial charge in [-0.3, -0.25) is 0 Å². The van der Waals surface area contributed by atoms with E-state index in [1.165, 1.54) is 0 Å². The molecule has 4 heteroatoms. The summed E-state index contributed by atoms with van der Waals surface area (Å²) in [5.41, 5.74) is 0.985. The molecule has 1 amide bonds. The Labute approximate surface area is 125 Å². The van der Waals surface area contributed by atoms with E-state index in [2.05, 4.69) is 11.2 Å². The first-order chi connectivity index (χ1) is 10.3.